The van der Waals surface area contributed by atoms with Crippen LogP contribution in [0, 0.1) is 6.92 Å². The third-order valence-electron chi connectivity index (χ3n) is 4.01. The maximum Gasteiger partial charge on any atom is 0.433 e. The molecule has 1 saturated heterocycles. The lowest BCUT2D eigenvalue weighted by Gasteiger charge is -2.09. The van der Waals surface area contributed by atoms with Crippen LogP contribution in [0.1, 0.15) is 40.5 Å². The fraction of sp³-hybridized carbons (Fsp3) is 0.562. The largest absolute Gasteiger partial charge is 0.433 e. The summed E-state index contributed by atoms with van der Waals surface area (Å²) >= 11 is 0. The Bertz CT molecular complexity index is 802. The average molecular weight is 384 g/mol. The van der Waals surface area contributed by atoms with Crippen LogP contribution in [0.4, 0.5) is 13.2 Å². The highest BCUT2D eigenvalue weighted by Gasteiger charge is 2.33. The van der Waals surface area contributed by atoms with Crippen molar-refractivity contribution >= 4 is 5.91 Å². The number of carbonyl (C=O) groups is 1. The number of hydrogen-bond donors (Lipinski definition) is 1. The van der Waals surface area contributed by atoms with Crippen LogP contribution in [0.5, 0.6) is 0 Å². The number of amides is 1. The van der Waals surface area contributed by atoms with Crippen LogP contribution in [0.15, 0.2) is 12.3 Å². The minimum Gasteiger partial charge on any atom is -0.376 e. The first-order valence-corrected chi connectivity index (χ1v) is 8.53. The Morgan fingerprint density at radius 3 is 2.93 bits per heavy atom. The van der Waals surface area contributed by atoms with E-state index in [-0.39, 0.29) is 36.3 Å². The molecule has 1 N–H and O–H groups in total. The Morgan fingerprint density at radius 1 is 1.41 bits per heavy atom. The van der Waals surface area contributed by atoms with Crippen molar-refractivity contribution < 1.29 is 22.7 Å². The summed E-state index contributed by atoms with van der Waals surface area (Å²) in [6.07, 6.45) is -0.930. The quantitative estimate of drug-likeness (QED) is 0.812. The Balaban J connectivity index is 1.52. The summed E-state index contributed by atoms with van der Waals surface area (Å²) in [6.45, 7) is 2.80. The number of carbonyl (C=O) groups excluding carboxylic acids is 1. The number of nitrogens with one attached hydrogen (secondary N) is 1. The molecule has 1 unspecified atom stereocenters. The van der Waals surface area contributed by atoms with Crippen molar-refractivity contribution in [2.75, 3.05) is 13.2 Å². The number of hydrogen-bond acceptors (Lipinski definition) is 6. The van der Waals surface area contributed by atoms with E-state index in [2.05, 4.69) is 25.6 Å². The summed E-state index contributed by atoms with van der Waals surface area (Å²) in [5.41, 5.74) is -0.640. The van der Waals surface area contributed by atoms with Gasteiger partial charge >= 0.3 is 6.18 Å². The van der Waals surface area contributed by atoms with Crippen LogP contribution >= 0.6 is 0 Å². The van der Waals surface area contributed by atoms with Gasteiger partial charge in [-0.2, -0.15) is 13.2 Å². The molecule has 2 aromatic heterocycles. The standard InChI is InChI=1S/C16H19F3N6O2/c1-10-7-13(16(17,18)19)22-14(21-10)4-5-20-15(26)12-9-25(24-23-12)8-11-3-2-6-27-11/h7,9,11H,2-6,8H2,1H3,(H,20,26). The van der Waals surface area contributed by atoms with Gasteiger partial charge in [0.05, 0.1) is 18.8 Å². The molecular formula is C16H19F3N6O2. The van der Waals surface area contributed by atoms with E-state index in [1.165, 1.54) is 13.1 Å². The summed E-state index contributed by atoms with van der Waals surface area (Å²) in [6, 6.07) is 0.883. The number of rotatable bonds is 6. The molecule has 0 aromatic carbocycles. The molecule has 8 nitrogen and oxygen atoms in total. The number of nitrogens with zero attached hydrogens (tertiary/aromatic N) is 5. The second-order valence-electron chi connectivity index (χ2n) is 6.28. The average Bonchev–Trinajstić information content (AvgIpc) is 3.26. The molecular weight excluding hydrogens is 365 g/mol. The fourth-order valence-electron chi connectivity index (χ4n) is 2.75. The first-order chi connectivity index (χ1) is 12.8. The van der Waals surface area contributed by atoms with Gasteiger partial charge in [-0.1, -0.05) is 5.21 Å². The van der Waals surface area contributed by atoms with E-state index in [0.29, 0.717) is 6.54 Å². The first kappa shape index (κ1) is 19.2. The maximum absolute atomic E-state index is 12.8. The molecule has 0 radical (unpaired) electrons. The maximum atomic E-state index is 12.8. The van der Waals surface area contributed by atoms with Crippen LogP contribution in [0.25, 0.3) is 0 Å². The third-order valence-corrected chi connectivity index (χ3v) is 4.01. The van der Waals surface area contributed by atoms with Crippen molar-refractivity contribution in [2.45, 2.75) is 45.0 Å². The van der Waals surface area contributed by atoms with Gasteiger partial charge in [-0.25, -0.2) is 14.6 Å². The molecule has 0 saturated carbocycles. The lowest BCUT2D eigenvalue weighted by Crippen LogP contribution is -2.27. The van der Waals surface area contributed by atoms with Gasteiger partial charge in [0, 0.05) is 25.3 Å². The van der Waals surface area contributed by atoms with Crippen LogP contribution in [-0.2, 0) is 23.9 Å². The minimum atomic E-state index is -4.53. The highest BCUT2D eigenvalue weighted by Crippen LogP contribution is 2.27. The van der Waals surface area contributed by atoms with Gasteiger partial charge in [-0.15, -0.1) is 5.10 Å². The zero-order valence-electron chi connectivity index (χ0n) is 14.7. The van der Waals surface area contributed by atoms with Crippen LogP contribution < -0.4 is 5.32 Å². The highest BCUT2D eigenvalue weighted by molar-refractivity contribution is 5.91. The smallest absolute Gasteiger partial charge is 0.376 e. The van der Waals surface area contributed by atoms with Gasteiger partial charge in [0.1, 0.15) is 11.5 Å². The molecule has 1 atom stereocenters. The molecule has 1 amide bonds. The number of aryl methyl sites for hydroxylation is 1. The van der Waals surface area contributed by atoms with Crippen molar-refractivity contribution in [1.82, 2.24) is 30.3 Å². The molecule has 2 aromatic rings. The van der Waals surface area contributed by atoms with E-state index in [1.54, 1.807) is 4.68 Å². The third kappa shape index (κ3) is 5.22. The van der Waals surface area contributed by atoms with Crippen molar-refractivity contribution in [2.24, 2.45) is 0 Å². The topological polar surface area (TPSA) is 94.8 Å². The Kier molecular flexibility index (Phi) is 5.68. The SMILES string of the molecule is Cc1cc(C(F)(F)F)nc(CCNC(=O)c2cn(CC3CCCO3)nn2)n1. The molecule has 3 heterocycles. The molecule has 27 heavy (non-hydrogen) atoms. The molecule has 1 aliphatic heterocycles. The Labute approximate surface area is 153 Å². The predicted octanol–water partition coefficient (Wildman–Crippen LogP) is 1.55. The molecule has 0 bridgehead atoms. The van der Waals surface area contributed by atoms with Gasteiger partial charge in [-0.3, -0.25) is 4.79 Å². The summed E-state index contributed by atoms with van der Waals surface area (Å²) in [7, 11) is 0. The summed E-state index contributed by atoms with van der Waals surface area (Å²) in [4.78, 5) is 19.6. The van der Waals surface area contributed by atoms with Crippen molar-refractivity contribution in [3.8, 4) is 0 Å². The Morgan fingerprint density at radius 2 is 2.22 bits per heavy atom. The first-order valence-electron chi connectivity index (χ1n) is 8.53. The molecule has 146 valence electrons. The van der Waals surface area contributed by atoms with Crippen molar-refractivity contribution in [3.63, 3.8) is 0 Å². The van der Waals surface area contributed by atoms with Crippen LogP contribution in [0.2, 0.25) is 0 Å². The van der Waals surface area contributed by atoms with Crippen molar-refractivity contribution in [1.29, 1.82) is 0 Å². The van der Waals surface area contributed by atoms with E-state index < -0.39 is 17.8 Å². The molecule has 3 rings (SSSR count). The Hall–Kier alpha value is -2.56. The summed E-state index contributed by atoms with van der Waals surface area (Å²) in [5.74, 6) is -0.443. The van der Waals surface area contributed by atoms with E-state index in [9.17, 15) is 18.0 Å². The van der Waals surface area contributed by atoms with Crippen LogP contribution in [0.3, 0.4) is 0 Å². The van der Waals surface area contributed by atoms with Gasteiger partial charge in [0.25, 0.3) is 5.91 Å². The van der Waals surface area contributed by atoms with E-state index in [4.69, 9.17) is 4.74 Å². The zero-order chi connectivity index (χ0) is 19.4. The molecule has 11 heteroatoms. The van der Waals surface area contributed by atoms with Gasteiger partial charge < -0.3 is 10.1 Å². The second-order valence-corrected chi connectivity index (χ2v) is 6.28. The van der Waals surface area contributed by atoms with Gasteiger partial charge in [-0.05, 0) is 25.8 Å². The summed E-state index contributed by atoms with van der Waals surface area (Å²) < 4.78 is 45.4. The van der Waals surface area contributed by atoms with Gasteiger partial charge in [0.2, 0.25) is 0 Å². The summed E-state index contributed by atoms with van der Waals surface area (Å²) in [5, 5.41) is 10.3. The lowest BCUT2D eigenvalue weighted by atomic mass is 10.2. The predicted molar refractivity (Wildman–Crippen MR) is 86.8 cm³/mol. The van der Waals surface area contributed by atoms with Crippen molar-refractivity contribution in [3.05, 3.63) is 35.2 Å². The fourth-order valence-corrected chi connectivity index (χ4v) is 2.75. The molecule has 0 spiro atoms. The number of ether oxygens (including phenoxy) is 1. The van der Waals surface area contributed by atoms with Crippen LogP contribution in [-0.4, -0.2) is 50.1 Å². The molecule has 0 aliphatic carbocycles. The molecule has 1 aliphatic rings. The zero-order valence-corrected chi connectivity index (χ0v) is 14.7. The monoisotopic (exact) mass is 384 g/mol. The van der Waals surface area contributed by atoms with E-state index in [1.807, 2.05) is 0 Å². The number of aromatic nitrogens is 5. The van der Waals surface area contributed by atoms with E-state index in [0.717, 1.165) is 25.5 Å². The van der Waals surface area contributed by atoms with Gasteiger partial charge in [0.15, 0.2) is 5.69 Å². The van der Waals surface area contributed by atoms with E-state index >= 15 is 0 Å². The minimum absolute atomic E-state index is 0.0182. The second kappa shape index (κ2) is 7.99. The molecule has 1 fully saturated rings. The number of alkyl halides is 3. The normalized spacial score (nSPS) is 17.3. The lowest BCUT2D eigenvalue weighted by molar-refractivity contribution is -0.141. The highest BCUT2D eigenvalue weighted by atomic mass is 19.4. The number of halogens is 3.